The molecule has 2 aromatic rings. The second-order valence-corrected chi connectivity index (χ2v) is 9.51. The van der Waals surface area contributed by atoms with Crippen LogP contribution in [-0.4, -0.2) is 84.3 Å². The standard InChI is InChI=1S/C22H33FN8O2/c1-13-11-30(14(2)10-29(13)7-6-8-32)21(33)31-12-16-18(22(31,4)5)27-28-19(16)26-20-17(23)9-24-15(3)25-20/h9,13-14,32H,6-8,10-12H2,1-5H3,(H2,24,25,26,27,28). The van der Waals surface area contributed by atoms with E-state index in [2.05, 4.69) is 44.2 Å². The molecule has 0 saturated carbocycles. The number of hydrogen-bond acceptors (Lipinski definition) is 7. The molecule has 2 unspecified atom stereocenters. The van der Waals surface area contributed by atoms with Gasteiger partial charge in [-0.25, -0.2) is 19.2 Å². The van der Waals surface area contributed by atoms with Crippen molar-refractivity contribution < 1.29 is 14.3 Å². The van der Waals surface area contributed by atoms with Gasteiger partial charge in [0.2, 0.25) is 0 Å². The van der Waals surface area contributed by atoms with Crippen LogP contribution in [-0.2, 0) is 12.1 Å². The summed E-state index contributed by atoms with van der Waals surface area (Å²) >= 11 is 0. The Hall–Kier alpha value is -2.79. The number of aromatic amines is 1. The van der Waals surface area contributed by atoms with Crippen LogP contribution in [0, 0.1) is 12.7 Å². The first kappa shape index (κ1) is 23.4. The molecule has 0 radical (unpaired) electrons. The van der Waals surface area contributed by atoms with Crippen LogP contribution in [0.2, 0.25) is 0 Å². The number of anilines is 2. The van der Waals surface area contributed by atoms with E-state index in [4.69, 9.17) is 5.11 Å². The third-order valence-corrected chi connectivity index (χ3v) is 6.77. The lowest BCUT2D eigenvalue weighted by atomic mass is 10.0. The van der Waals surface area contributed by atoms with E-state index in [0.717, 1.165) is 37.0 Å². The molecule has 1 fully saturated rings. The van der Waals surface area contributed by atoms with Gasteiger partial charge in [0.15, 0.2) is 17.5 Å². The Morgan fingerprint density at radius 2 is 2.06 bits per heavy atom. The summed E-state index contributed by atoms with van der Waals surface area (Å²) in [4.78, 5) is 27.8. The first-order valence-electron chi connectivity index (χ1n) is 11.4. The maximum atomic E-state index is 14.2. The number of nitrogens with one attached hydrogen (secondary N) is 2. The number of amides is 2. The zero-order valence-corrected chi connectivity index (χ0v) is 19.9. The molecule has 2 amide bonds. The number of rotatable bonds is 5. The molecule has 0 aliphatic carbocycles. The van der Waals surface area contributed by atoms with Crippen LogP contribution in [0.3, 0.4) is 0 Å². The number of H-pyrrole nitrogens is 1. The molecule has 33 heavy (non-hydrogen) atoms. The minimum Gasteiger partial charge on any atom is -0.396 e. The number of piperazine rings is 1. The molecule has 1 saturated heterocycles. The molecule has 180 valence electrons. The highest BCUT2D eigenvalue weighted by Crippen LogP contribution is 2.42. The summed E-state index contributed by atoms with van der Waals surface area (Å²) in [5.41, 5.74) is 1.05. The fraction of sp³-hybridized carbons (Fsp3) is 0.636. The molecule has 0 bridgehead atoms. The van der Waals surface area contributed by atoms with Gasteiger partial charge in [-0.1, -0.05) is 0 Å². The number of aryl methyl sites for hydroxylation is 1. The number of fused-ring (bicyclic) bond motifs is 1. The van der Waals surface area contributed by atoms with Crippen molar-refractivity contribution in [1.82, 2.24) is 34.9 Å². The maximum Gasteiger partial charge on any atom is 0.321 e. The summed E-state index contributed by atoms with van der Waals surface area (Å²) in [6, 6.07) is 0.236. The SMILES string of the molecule is Cc1ncc(F)c(Nc2n[nH]c3c2CN(C(=O)N2CC(C)N(CCCO)CC2C)C3(C)C)n1. The number of urea groups is 1. The van der Waals surface area contributed by atoms with Gasteiger partial charge >= 0.3 is 6.03 Å². The van der Waals surface area contributed by atoms with Crippen molar-refractivity contribution in [1.29, 1.82) is 0 Å². The van der Waals surface area contributed by atoms with E-state index in [1.807, 2.05) is 23.6 Å². The second-order valence-electron chi connectivity index (χ2n) is 9.51. The lowest BCUT2D eigenvalue weighted by Gasteiger charge is -2.46. The summed E-state index contributed by atoms with van der Waals surface area (Å²) in [7, 11) is 0. The highest BCUT2D eigenvalue weighted by molar-refractivity contribution is 5.78. The lowest BCUT2D eigenvalue weighted by Crippen LogP contribution is -2.61. The molecule has 3 N–H and O–H groups in total. The summed E-state index contributed by atoms with van der Waals surface area (Å²) < 4.78 is 14.2. The number of hydrogen-bond donors (Lipinski definition) is 3. The molecule has 10 nitrogen and oxygen atoms in total. The summed E-state index contributed by atoms with van der Waals surface area (Å²) in [6.45, 7) is 12.6. The third kappa shape index (κ3) is 4.26. The van der Waals surface area contributed by atoms with Gasteiger partial charge in [-0.05, 0) is 41.0 Å². The predicted octanol–water partition coefficient (Wildman–Crippen LogP) is 2.34. The Morgan fingerprint density at radius 1 is 1.30 bits per heavy atom. The fourth-order valence-corrected chi connectivity index (χ4v) is 4.79. The van der Waals surface area contributed by atoms with Gasteiger partial charge < -0.3 is 20.2 Å². The van der Waals surface area contributed by atoms with E-state index in [1.54, 1.807) is 6.92 Å². The van der Waals surface area contributed by atoms with Crippen molar-refractivity contribution >= 4 is 17.7 Å². The Balaban J connectivity index is 1.52. The predicted molar refractivity (Wildman–Crippen MR) is 121 cm³/mol. The lowest BCUT2D eigenvalue weighted by molar-refractivity contribution is 0.0326. The van der Waals surface area contributed by atoms with Crippen molar-refractivity contribution in [3.05, 3.63) is 29.1 Å². The van der Waals surface area contributed by atoms with Gasteiger partial charge in [0.05, 0.1) is 24.0 Å². The number of carbonyl (C=O) groups excluding carboxylic acids is 1. The Morgan fingerprint density at radius 3 is 2.79 bits per heavy atom. The van der Waals surface area contributed by atoms with Crippen LogP contribution in [0.5, 0.6) is 0 Å². The van der Waals surface area contributed by atoms with Crippen molar-refractivity contribution in [2.45, 2.75) is 65.2 Å². The number of aromatic nitrogens is 4. The van der Waals surface area contributed by atoms with Gasteiger partial charge in [-0.2, -0.15) is 5.10 Å². The number of halogens is 1. The zero-order valence-electron chi connectivity index (χ0n) is 19.9. The average Bonchev–Trinajstić information content (AvgIpc) is 3.28. The Kier molecular flexibility index (Phi) is 6.28. The largest absolute Gasteiger partial charge is 0.396 e. The highest BCUT2D eigenvalue weighted by atomic mass is 19.1. The number of nitrogens with zero attached hydrogens (tertiary/aromatic N) is 6. The topological polar surface area (TPSA) is 114 Å². The van der Waals surface area contributed by atoms with E-state index in [9.17, 15) is 9.18 Å². The summed E-state index contributed by atoms with van der Waals surface area (Å²) in [5.74, 6) is 0.398. The van der Waals surface area contributed by atoms with Crippen LogP contribution in [0.15, 0.2) is 6.20 Å². The van der Waals surface area contributed by atoms with Gasteiger partial charge in [-0.3, -0.25) is 10.00 Å². The van der Waals surface area contributed by atoms with Gasteiger partial charge in [0.1, 0.15) is 5.82 Å². The molecule has 0 spiro atoms. The number of carbonyl (C=O) groups is 1. The van der Waals surface area contributed by atoms with Crippen LogP contribution in [0.1, 0.15) is 51.2 Å². The van der Waals surface area contributed by atoms with Gasteiger partial charge in [-0.15, -0.1) is 0 Å². The molecule has 2 aliphatic heterocycles. The molecular formula is C22H33FN8O2. The molecule has 2 atom stereocenters. The van der Waals surface area contributed by atoms with Crippen LogP contribution in [0.4, 0.5) is 20.8 Å². The maximum absolute atomic E-state index is 14.2. The molecule has 4 heterocycles. The van der Waals surface area contributed by atoms with Crippen LogP contribution < -0.4 is 5.32 Å². The highest BCUT2D eigenvalue weighted by Gasteiger charge is 2.46. The second kappa shape index (κ2) is 8.86. The van der Waals surface area contributed by atoms with E-state index in [1.165, 1.54) is 0 Å². The normalized spacial score (nSPS) is 22.5. The van der Waals surface area contributed by atoms with Crippen molar-refractivity contribution in [2.24, 2.45) is 0 Å². The van der Waals surface area contributed by atoms with Gasteiger partial charge in [0.25, 0.3) is 0 Å². The van der Waals surface area contributed by atoms with Crippen molar-refractivity contribution in [3.63, 3.8) is 0 Å². The quantitative estimate of drug-likeness (QED) is 0.628. The van der Waals surface area contributed by atoms with Crippen molar-refractivity contribution in [2.75, 3.05) is 31.6 Å². The molecule has 0 aromatic carbocycles. The van der Waals surface area contributed by atoms with Crippen LogP contribution in [0.25, 0.3) is 0 Å². The van der Waals surface area contributed by atoms with E-state index in [-0.39, 0.29) is 30.5 Å². The van der Waals surface area contributed by atoms with E-state index >= 15 is 0 Å². The molecule has 4 rings (SSSR count). The summed E-state index contributed by atoms with van der Waals surface area (Å²) in [6.07, 6.45) is 1.86. The fourth-order valence-electron chi connectivity index (χ4n) is 4.79. The molecular weight excluding hydrogens is 427 g/mol. The molecule has 2 aliphatic rings. The van der Waals surface area contributed by atoms with Crippen LogP contribution >= 0.6 is 0 Å². The number of aliphatic hydroxyl groups excluding tert-OH is 1. The smallest absolute Gasteiger partial charge is 0.321 e. The van der Waals surface area contributed by atoms with Crippen molar-refractivity contribution in [3.8, 4) is 0 Å². The first-order valence-corrected chi connectivity index (χ1v) is 11.4. The Bertz CT molecular complexity index is 1030. The Labute approximate surface area is 193 Å². The minimum absolute atomic E-state index is 0.0271. The van der Waals surface area contributed by atoms with E-state index < -0.39 is 11.4 Å². The van der Waals surface area contributed by atoms with E-state index in [0.29, 0.717) is 24.7 Å². The molecule has 2 aromatic heterocycles. The first-order chi connectivity index (χ1) is 15.6. The summed E-state index contributed by atoms with van der Waals surface area (Å²) in [5, 5.41) is 19.5. The zero-order chi connectivity index (χ0) is 23.9. The minimum atomic E-state index is -0.601. The number of aliphatic hydroxyl groups is 1. The molecule has 11 heteroatoms. The van der Waals surface area contributed by atoms with Gasteiger partial charge in [0, 0.05) is 43.9 Å². The monoisotopic (exact) mass is 460 g/mol. The average molecular weight is 461 g/mol. The third-order valence-electron chi connectivity index (χ3n) is 6.77.